The molecule has 28 heavy (non-hydrogen) atoms. The maximum atomic E-state index is 12.3. The summed E-state index contributed by atoms with van der Waals surface area (Å²) in [5.74, 6) is -1.22. The number of hydrogen-bond acceptors (Lipinski definition) is 5. The summed E-state index contributed by atoms with van der Waals surface area (Å²) in [5, 5.41) is 0. The highest BCUT2D eigenvalue weighted by Gasteiger charge is 2.66. The highest BCUT2D eigenvalue weighted by atomic mass is 19.4. The van der Waals surface area contributed by atoms with E-state index in [1.54, 1.807) is 31.3 Å². The fourth-order valence-electron chi connectivity index (χ4n) is 3.89. The molecule has 0 N–H and O–H groups in total. The lowest BCUT2D eigenvalue weighted by Gasteiger charge is -2.40. The van der Waals surface area contributed by atoms with E-state index in [-0.39, 0.29) is 23.2 Å². The minimum atomic E-state index is -4.76. The second kappa shape index (κ2) is 6.00. The normalized spacial score (nSPS) is 26.6. The molecular weight excluding hydrogens is 378 g/mol. The summed E-state index contributed by atoms with van der Waals surface area (Å²) >= 11 is 0. The molecule has 0 saturated carbocycles. The first kappa shape index (κ1) is 18.4. The number of fused-ring (bicyclic) bond motifs is 1. The van der Waals surface area contributed by atoms with Gasteiger partial charge in [0.2, 0.25) is 0 Å². The number of carbonyl (C=O) groups excluding carboxylic acids is 2. The molecule has 6 nitrogen and oxygen atoms in total. The van der Waals surface area contributed by atoms with Crippen molar-refractivity contribution in [2.75, 3.05) is 20.1 Å². The number of halogens is 3. The molecule has 0 bridgehead atoms. The fourth-order valence-corrected chi connectivity index (χ4v) is 3.89. The van der Waals surface area contributed by atoms with Crippen LogP contribution in [0.1, 0.15) is 0 Å². The largest absolute Gasteiger partial charge is 0.614 e. The van der Waals surface area contributed by atoms with Crippen LogP contribution in [-0.2, 0) is 18.9 Å². The number of rotatable bonds is 3. The van der Waals surface area contributed by atoms with E-state index < -0.39 is 25.0 Å². The molecule has 2 aliphatic rings. The zero-order chi connectivity index (χ0) is 20.2. The molecule has 0 amide bonds. The van der Waals surface area contributed by atoms with Crippen LogP contribution in [0.2, 0.25) is 0 Å². The van der Waals surface area contributed by atoms with Gasteiger partial charge in [-0.2, -0.15) is 0 Å². The lowest BCUT2D eigenvalue weighted by molar-refractivity contribution is -0.791. The van der Waals surface area contributed by atoms with E-state index in [0.29, 0.717) is 16.6 Å². The van der Waals surface area contributed by atoms with E-state index in [0.717, 1.165) is 0 Å². The number of nitrogens with zero attached hydrogens (tertiary/aromatic N) is 1. The van der Waals surface area contributed by atoms with Crippen molar-refractivity contribution in [3.8, 4) is 16.9 Å². The number of ether oxygens (including phenoxy) is 1. The van der Waals surface area contributed by atoms with Crippen LogP contribution in [0.15, 0.2) is 48.5 Å². The molecule has 2 aliphatic heterocycles. The molecule has 0 radical (unpaired) electrons. The van der Waals surface area contributed by atoms with E-state index in [1.165, 1.54) is 24.3 Å². The van der Waals surface area contributed by atoms with Crippen LogP contribution in [0.4, 0.5) is 13.2 Å². The average Bonchev–Trinajstić information content (AvgIpc) is 2.98. The van der Waals surface area contributed by atoms with E-state index in [2.05, 4.69) is 4.74 Å². The van der Waals surface area contributed by atoms with Gasteiger partial charge in [0.15, 0.2) is 0 Å². The van der Waals surface area contributed by atoms with Crippen LogP contribution in [0, 0.1) is 0 Å². The van der Waals surface area contributed by atoms with Gasteiger partial charge in [0, 0.05) is 7.05 Å². The molecule has 0 spiro atoms. The van der Waals surface area contributed by atoms with Crippen molar-refractivity contribution >= 4 is 24.1 Å². The van der Waals surface area contributed by atoms with Crippen molar-refractivity contribution in [2.24, 2.45) is 0 Å². The molecule has 2 aromatic rings. The molecule has 2 fully saturated rings. The van der Waals surface area contributed by atoms with Gasteiger partial charge >= 0.3 is 25.0 Å². The summed E-state index contributed by atoms with van der Waals surface area (Å²) in [4.78, 5) is 23.9. The van der Waals surface area contributed by atoms with Crippen molar-refractivity contribution in [1.29, 1.82) is 0 Å². The summed E-state index contributed by atoms with van der Waals surface area (Å²) in [6, 6.07) is 12.3. The van der Waals surface area contributed by atoms with Crippen molar-refractivity contribution in [1.82, 2.24) is 0 Å². The second-order valence-electron chi connectivity index (χ2n) is 7.14. The smallest absolute Gasteiger partial charge is 0.596 e. The highest BCUT2D eigenvalue weighted by molar-refractivity contribution is 6.79. The maximum Gasteiger partial charge on any atom is 0.614 e. The van der Waals surface area contributed by atoms with Gasteiger partial charge in [-0.05, 0) is 28.7 Å². The van der Waals surface area contributed by atoms with Gasteiger partial charge in [-0.15, -0.1) is 13.2 Å². The first-order valence-electron chi connectivity index (χ1n) is 8.49. The number of hydrogen-bond donors (Lipinski definition) is 0. The van der Waals surface area contributed by atoms with E-state index >= 15 is 0 Å². The predicted molar refractivity (Wildman–Crippen MR) is 92.1 cm³/mol. The molecule has 10 heteroatoms. The van der Waals surface area contributed by atoms with Crippen molar-refractivity contribution in [3.63, 3.8) is 0 Å². The number of quaternary nitrogens is 1. The summed E-state index contributed by atoms with van der Waals surface area (Å²) in [7, 11) is 1.73. The third kappa shape index (κ3) is 2.99. The average molecular weight is 393 g/mol. The lowest BCUT2D eigenvalue weighted by Crippen LogP contribution is -2.67. The first-order chi connectivity index (χ1) is 13.1. The molecule has 2 heterocycles. The van der Waals surface area contributed by atoms with Crippen LogP contribution < -0.4 is 10.2 Å². The van der Waals surface area contributed by atoms with Crippen molar-refractivity contribution in [2.45, 2.75) is 6.36 Å². The SMILES string of the molecule is C[N+]12CC(=O)O[B-]1(c1cccc(-c3ccc(OC(F)(F)F)cc3)c1)OC(=O)C2. The molecule has 4 rings (SSSR count). The van der Waals surface area contributed by atoms with Gasteiger partial charge in [0.1, 0.15) is 18.8 Å². The highest BCUT2D eigenvalue weighted by Crippen LogP contribution is 2.34. The van der Waals surface area contributed by atoms with Crippen LogP contribution in [0.5, 0.6) is 5.75 Å². The van der Waals surface area contributed by atoms with Gasteiger partial charge in [-0.1, -0.05) is 36.4 Å². The Kier molecular flexibility index (Phi) is 3.93. The Balaban J connectivity index is 1.69. The maximum absolute atomic E-state index is 12.3. The summed E-state index contributed by atoms with van der Waals surface area (Å²) in [5.41, 5.74) is 1.84. The van der Waals surface area contributed by atoms with E-state index in [1.807, 2.05) is 0 Å². The molecule has 2 aromatic carbocycles. The standard InChI is InChI=1S/C18H15BF3NO5/c1-23-10-16(24)27-19(23,28-17(25)11-23)14-4-2-3-13(9-14)12-5-7-15(8-6-12)26-18(20,21)22/h2-9H,10-11H2,1H3. The Bertz CT molecular complexity index is 940. The van der Waals surface area contributed by atoms with Crippen LogP contribution in [-0.4, -0.2) is 49.5 Å². The van der Waals surface area contributed by atoms with Crippen molar-refractivity contribution < 1.29 is 41.2 Å². The first-order valence-corrected chi connectivity index (χ1v) is 8.49. The third-order valence-electron chi connectivity index (χ3n) is 5.11. The number of alkyl halides is 3. The Morgan fingerprint density at radius 1 is 0.964 bits per heavy atom. The molecule has 0 atom stereocenters. The Morgan fingerprint density at radius 3 is 2.14 bits per heavy atom. The molecule has 0 aliphatic carbocycles. The molecular formula is C18H15BF3NO5. The van der Waals surface area contributed by atoms with Crippen LogP contribution >= 0.6 is 0 Å². The second-order valence-corrected chi connectivity index (χ2v) is 7.14. The molecule has 0 unspecified atom stereocenters. The molecule has 2 saturated heterocycles. The van der Waals surface area contributed by atoms with Gasteiger partial charge in [0.05, 0.1) is 0 Å². The van der Waals surface area contributed by atoms with Gasteiger partial charge < -0.3 is 18.4 Å². The number of benzene rings is 2. The van der Waals surface area contributed by atoms with Gasteiger partial charge in [-0.25, -0.2) is 0 Å². The quantitative estimate of drug-likeness (QED) is 0.747. The lowest BCUT2D eigenvalue weighted by atomic mass is 9.61. The topological polar surface area (TPSA) is 61.8 Å². The van der Waals surface area contributed by atoms with Crippen LogP contribution in [0.25, 0.3) is 11.1 Å². The Hall–Kier alpha value is -3.01. The Labute approximate surface area is 158 Å². The molecule has 146 valence electrons. The van der Waals surface area contributed by atoms with E-state index in [4.69, 9.17) is 9.31 Å². The van der Waals surface area contributed by atoms with Gasteiger partial charge in [0.25, 0.3) is 0 Å². The summed E-state index contributed by atoms with van der Waals surface area (Å²) < 4.78 is 51.8. The summed E-state index contributed by atoms with van der Waals surface area (Å²) in [6.07, 6.45) is -4.76. The van der Waals surface area contributed by atoms with Crippen molar-refractivity contribution in [3.05, 3.63) is 48.5 Å². The van der Waals surface area contributed by atoms with Gasteiger partial charge in [-0.3, -0.25) is 9.59 Å². The minimum absolute atomic E-state index is 0.0134. The molecule has 0 aromatic heterocycles. The zero-order valence-corrected chi connectivity index (χ0v) is 14.7. The van der Waals surface area contributed by atoms with E-state index in [9.17, 15) is 22.8 Å². The van der Waals surface area contributed by atoms with Crippen LogP contribution in [0.3, 0.4) is 0 Å². The Morgan fingerprint density at radius 2 is 1.57 bits per heavy atom. The predicted octanol–water partition coefficient (Wildman–Crippen LogP) is 1.96. The number of carbonyl (C=O) groups is 2. The zero-order valence-electron chi connectivity index (χ0n) is 14.7. The third-order valence-corrected chi connectivity index (χ3v) is 5.11. The summed E-state index contributed by atoms with van der Waals surface area (Å²) in [6.45, 7) is -2.31. The fraction of sp³-hybridized carbons (Fsp3) is 0.222. The number of likely N-dealkylation sites (N-methyl/N-ethyl adjacent to an activating group) is 1. The minimum Gasteiger partial charge on any atom is -0.596 e. The monoisotopic (exact) mass is 393 g/mol.